The zero-order chi connectivity index (χ0) is 18.6. The van der Waals surface area contributed by atoms with Crippen LogP contribution in [-0.2, 0) is 14.8 Å². The summed E-state index contributed by atoms with van der Waals surface area (Å²) in [7, 11) is -3.65. The Balaban J connectivity index is 1.53. The first-order valence-electron chi connectivity index (χ1n) is 8.65. The largest absolute Gasteiger partial charge is 0.372 e. The number of benzene rings is 1. The molecule has 1 aromatic heterocycles. The van der Waals surface area contributed by atoms with Gasteiger partial charge in [0.2, 0.25) is 5.91 Å². The second-order valence-electron chi connectivity index (χ2n) is 6.33. The van der Waals surface area contributed by atoms with Gasteiger partial charge in [0.15, 0.2) is 0 Å². The Labute approximate surface area is 158 Å². The monoisotopic (exact) mass is 393 g/mol. The lowest BCUT2D eigenvalue weighted by molar-refractivity contribution is -0.115. The van der Waals surface area contributed by atoms with E-state index in [1.807, 2.05) is 31.2 Å². The molecule has 0 unspecified atom stereocenters. The second-order valence-corrected chi connectivity index (χ2v) is 9.61. The van der Waals surface area contributed by atoms with Crippen LogP contribution in [0.15, 0.2) is 40.6 Å². The summed E-state index contributed by atoms with van der Waals surface area (Å²) in [6, 6.07) is 10.9. The zero-order valence-corrected chi connectivity index (χ0v) is 16.3. The summed E-state index contributed by atoms with van der Waals surface area (Å²) >= 11 is 1.18. The van der Waals surface area contributed by atoms with Crippen molar-refractivity contribution in [2.24, 2.45) is 0 Å². The van der Waals surface area contributed by atoms with Gasteiger partial charge in [-0.3, -0.25) is 4.79 Å². The highest BCUT2D eigenvalue weighted by molar-refractivity contribution is 7.91. The molecule has 0 bridgehead atoms. The number of carbonyl (C=O) groups excluding carboxylic acids is 1. The molecule has 2 aromatic rings. The van der Waals surface area contributed by atoms with Crippen LogP contribution >= 0.6 is 11.3 Å². The Morgan fingerprint density at radius 3 is 2.38 bits per heavy atom. The minimum Gasteiger partial charge on any atom is -0.372 e. The molecular weight excluding hydrogens is 370 g/mol. The molecule has 3 rings (SSSR count). The molecule has 0 aliphatic carbocycles. The lowest BCUT2D eigenvalue weighted by Crippen LogP contribution is -2.32. The molecule has 1 fully saturated rings. The summed E-state index contributed by atoms with van der Waals surface area (Å²) in [6.07, 6.45) is 3.70. The van der Waals surface area contributed by atoms with Crippen LogP contribution in [0.25, 0.3) is 0 Å². The van der Waals surface area contributed by atoms with Crippen molar-refractivity contribution in [1.82, 2.24) is 4.72 Å². The van der Waals surface area contributed by atoms with E-state index in [9.17, 15) is 13.2 Å². The number of hydrogen-bond donors (Lipinski definition) is 2. The van der Waals surface area contributed by atoms with E-state index in [0.717, 1.165) is 23.7 Å². The van der Waals surface area contributed by atoms with E-state index >= 15 is 0 Å². The van der Waals surface area contributed by atoms with Crippen molar-refractivity contribution in [3.63, 3.8) is 0 Å². The molecule has 26 heavy (non-hydrogen) atoms. The maximum absolute atomic E-state index is 12.1. The van der Waals surface area contributed by atoms with E-state index in [0.29, 0.717) is 5.69 Å². The number of amides is 1. The number of aryl methyl sites for hydroxylation is 1. The lowest BCUT2D eigenvalue weighted by atomic mass is 10.1. The fraction of sp³-hybridized carbons (Fsp3) is 0.389. The van der Waals surface area contributed by atoms with Crippen LogP contribution in [0.4, 0.5) is 11.4 Å². The average molecular weight is 394 g/mol. The van der Waals surface area contributed by atoms with E-state index in [2.05, 4.69) is 14.9 Å². The highest BCUT2D eigenvalue weighted by atomic mass is 32.2. The topological polar surface area (TPSA) is 78.5 Å². The molecule has 8 heteroatoms. The van der Waals surface area contributed by atoms with E-state index in [1.165, 1.54) is 30.6 Å². The van der Waals surface area contributed by atoms with Crippen LogP contribution in [-0.4, -0.2) is 34.0 Å². The second kappa shape index (κ2) is 8.20. The lowest BCUT2D eigenvalue weighted by Gasteiger charge is -2.28. The number of nitrogens with zero attached hydrogens (tertiary/aromatic N) is 1. The van der Waals surface area contributed by atoms with Gasteiger partial charge in [0.25, 0.3) is 10.0 Å². The summed E-state index contributed by atoms with van der Waals surface area (Å²) in [5.74, 6) is -0.396. The molecule has 6 nitrogen and oxygen atoms in total. The minimum absolute atomic E-state index is 0.216. The van der Waals surface area contributed by atoms with Crippen molar-refractivity contribution >= 4 is 38.6 Å². The number of hydrogen-bond acceptors (Lipinski definition) is 5. The summed E-state index contributed by atoms with van der Waals surface area (Å²) < 4.78 is 26.8. The molecule has 0 saturated carbocycles. The Kier molecular flexibility index (Phi) is 5.95. The Bertz CT molecular complexity index is 854. The van der Waals surface area contributed by atoms with Crippen LogP contribution in [0.1, 0.15) is 24.1 Å². The quantitative estimate of drug-likeness (QED) is 0.791. The SMILES string of the molecule is Cc1ccc(S(=O)(=O)NCC(=O)Nc2ccc(N3CCCCC3)cc2)s1. The molecule has 1 aliphatic heterocycles. The Hall–Kier alpha value is -1.90. The van der Waals surface area contributed by atoms with Crippen molar-refractivity contribution in [3.05, 3.63) is 41.3 Å². The normalized spacial score (nSPS) is 15.0. The summed E-state index contributed by atoms with van der Waals surface area (Å²) in [6.45, 7) is 3.67. The molecule has 0 spiro atoms. The van der Waals surface area contributed by atoms with Gasteiger partial charge in [-0.25, -0.2) is 13.1 Å². The molecule has 1 amide bonds. The molecule has 1 aliphatic rings. The summed E-state index contributed by atoms with van der Waals surface area (Å²) in [4.78, 5) is 15.3. The number of nitrogens with one attached hydrogen (secondary N) is 2. The maximum Gasteiger partial charge on any atom is 0.250 e. The van der Waals surface area contributed by atoms with Crippen molar-refractivity contribution in [2.75, 3.05) is 29.9 Å². The number of thiophene rings is 1. The minimum atomic E-state index is -3.65. The fourth-order valence-corrected chi connectivity index (χ4v) is 5.21. The summed E-state index contributed by atoms with van der Waals surface area (Å²) in [5.41, 5.74) is 1.80. The van der Waals surface area contributed by atoms with E-state index in [1.54, 1.807) is 12.1 Å². The first-order valence-corrected chi connectivity index (χ1v) is 10.9. The van der Waals surface area contributed by atoms with Gasteiger partial charge >= 0.3 is 0 Å². The zero-order valence-electron chi connectivity index (χ0n) is 14.7. The van der Waals surface area contributed by atoms with Crippen molar-refractivity contribution in [1.29, 1.82) is 0 Å². The van der Waals surface area contributed by atoms with Crippen LogP contribution in [0, 0.1) is 6.92 Å². The van der Waals surface area contributed by atoms with Gasteiger partial charge in [-0.15, -0.1) is 11.3 Å². The van der Waals surface area contributed by atoms with Gasteiger partial charge in [-0.1, -0.05) is 0 Å². The highest BCUT2D eigenvalue weighted by Crippen LogP contribution is 2.22. The Morgan fingerprint density at radius 2 is 1.77 bits per heavy atom. The van der Waals surface area contributed by atoms with Crippen molar-refractivity contribution in [2.45, 2.75) is 30.4 Å². The molecular formula is C18H23N3O3S2. The maximum atomic E-state index is 12.1. The van der Waals surface area contributed by atoms with E-state index < -0.39 is 15.9 Å². The number of rotatable bonds is 6. The molecule has 0 atom stereocenters. The summed E-state index contributed by atoms with van der Waals surface area (Å²) in [5, 5.41) is 2.72. The third kappa shape index (κ3) is 4.84. The average Bonchev–Trinajstić information content (AvgIpc) is 3.09. The van der Waals surface area contributed by atoms with Gasteiger partial charge < -0.3 is 10.2 Å². The van der Waals surface area contributed by atoms with Crippen LogP contribution < -0.4 is 14.9 Å². The predicted molar refractivity (Wildman–Crippen MR) is 105 cm³/mol. The van der Waals surface area contributed by atoms with Gasteiger partial charge in [-0.2, -0.15) is 0 Å². The highest BCUT2D eigenvalue weighted by Gasteiger charge is 2.17. The molecule has 2 heterocycles. The van der Waals surface area contributed by atoms with E-state index in [4.69, 9.17) is 0 Å². The van der Waals surface area contributed by atoms with Gasteiger partial charge in [0.05, 0.1) is 6.54 Å². The van der Waals surface area contributed by atoms with Crippen LogP contribution in [0.3, 0.4) is 0 Å². The number of sulfonamides is 1. The number of carbonyl (C=O) groups is 1. The van der Waals surface area contributed by atoms with Crippen LogP contribution in [0.2, 0.25) is 0 Å². The number of anilines is 2. The van der Waals surface area contributed by atoms with Crippen LogP contribution in [0.5, 0.6) is 0 Å². The van der Waals surface area contributed by atoms with Gasteiger partial charge in [-0.05, 0) is 62.6 Å². The molecule has 1 aromatic carbocycles. The predicted octanol–water partition coefficient (Wildman–Crippen LogP) is 2.96. The third-order valence-corrected chi connectivity index (χ3v) is 7.17. The molecule has 2 N–H and O–H groups in total. The smallest absolute Gasteiger partial charge is 0.250 e. The molecule has 140 valence electrons. The fourth-order valence-electron chi connectivity index (χ4n) is 2.90. The molecule has 1 saturated heterocycles. The van der Waals surface area contributed by atoms with E-state index in [-0.39, 0.29) is 10.8 Å². The van der Waals surface area contributed by atoms with Crippen molar-refractivity contribution in [3.8, 4) is 0 Å². The first-order chi connectivity index (χ1) is 12.4. The standard InChI is InChI=1S/C18H23N3O3S2/c1-14-5-10-18(25-14)26(23,24)19-13-17(22)20-15-6-8-16(9-7-15)21-11-3-2-4-12-21/h5-10,19H,2-4,11-13H2,1H3,(H,20,22). The first kappa shape index (κ1) is 18.9. The Morgan fingerprint density at radius 1 is 1.08 bits per heavy atom. The van der Waals surface area contributed by atoms with Gasteiger partial charge in [0.1, 0.15) is 4.21 Å². The number of piperidine rings is 1. The van der Waals surface area contributed by atoms with Crippen molar-refractivity contribution < 1.29 is 13.2 Å². The third-order valence-electron chi connectivity index (χ3n) is 4.28. The van der Waals surface area contributed by atoms with Gasteiger partial charge in [0, 0.05) is 29.3 Å². The molecule has 0 radical (unpaired) electrons.